The maximum atomic E-state index is 13.9. The maximum absolute atomic E-state index is 13.9. The molecule has 0 aliphatic heterocycles. The molecular formula is C27H38O9S. The highest BCUT2D eigenvalue weighted by Crippen LogP contribution is 2.67. The Balaban J connectivity index is 1.69. The van der Waals surface area contributed by atoms with Crippen molar-refractivity contribution in [1.82, 2.24) is 0 Å². The Morgan fingerprint density at radius 3 is 2.51 bits per heavy atom. The lowest BCUT2D eigenvalue weighted by Crippen LogP contribution is -2.62. The molecule has 4 rings (SSSR count). The van der Waals surface area contributed by atoms with E-state index in [9.17, 15) is 27.6 Å². The summed E-state index contributed by atoms with van der Waals surface area (Å²) >= 11 is 0. The van der Waals surface area contributed by atoms with Gasteiger partial charge in [0, 0.05) is 24.2 Å². The van der Waals surface area contributed by atoms with E-state index in [0.29, 0.717) is 38.5 Å². The van der Waals surface area contributed by atoms with Gasteiger partial charge < -0.3 is 9.47 Å². The Hall–Kier alpha value is -2.07. The van der Waals surface area contributed by atoms with E-state index in [1.165, 1.54) is 0 Å². The number of allylic oxidation sites excluding steroid dienone is 1. The molecule has 3 fully saturated rings. The van der Waals surface area contributed by atoms with Gasteiger partial charge in [-0.15, -0.1) is 0 Å². The Labute approximate surface area is 218 Å². The number of rotatable bonds is 8. The van der Waals surface area contributed by atoms with E-state index in [2.05, 4.69) is 6.92 Å². The largest absolute Gasteiger partial charge is 0.509 e. The lowest BCUT2D eigenvalue weighted by molar-refractivity contribution is -0.174. The Morgan fingerprint density at radius 2 is 1.84 bits per heavy atom. The lowest BCUT2D eigenvalue weighted by Gasteiger charge is -2.57. The first-order valence-electron chi connectivity index (χ1n) is 13.3. The first-order chi connectivity index (χ1) is 17.3. The molecule has 0 bridgehead atoms. The highest BCUT2D eigenvalue weighted by molar-refractivity contribution is 7.86. The van der Waals surface area contributed by atoms with Crippen LogP contribution in [0.25, 0.3) is 0 Å². The zero-order valence-corrected chi connectivity index (χ0v) is 23.0. The number of hydrogen-bond donors (Lipinski definition) is 0. The smallest absolute Gasteiger partial charge is 0.434 e. The normalized spacial score (nSPS) is 37.2. The summed E-state index contributed by atoms with van der Waals surface area (Å²) in [6.45, 7) is 5.20. The highest BCUT2D eigenvalue weighted by Gasteiger charge is 2.71. The van der Waals surface area contributed by atoms with Gasteiger partial charge >= 0.3 is 6.16 Å². The third kappa shape index (κ3) is 4.80. The van der Waals surface area contributed by atoms with Crippen molar-refractivity contribution in [2.24, 2.45) is 28.6 Å². The summed E-state index contributed by atoms with van der Waals surface area (Å²) in [4.78, 5) is 52.4. The van der Waals surface area contributed by atoms with Crippen LogP contribution in [0.1, 0.15) is 78.6 Å². The lowest BCUT2D eigenvalue weighted by atomic mass is 9.46. The van der Waals surface area contributed by atoms with Crippen LogP contribution in [0.4, 0.5) is 4.79 Å². The molecule has 4 aliphatic rings. The van der Waals surface area contributed by atoms with Gasteiger partial charge in [-0.25, -0.2) is 4.79 Å². The van der Waals surface area contributed by atoms with E-state index in [4.69, 9.17) is 13.7 Å². The van der Waals surface area contributed by atoms with Crippen molar-refractivity contribution >= 4 is 33.6 Å². The molecule has 3 saturated carbocycles. The number of fused-ring (bicyclic) bond motifs is 5. The molecule has 0 amide bonds. The van der Waals surface area contributed by atoms with Crippen molar-refractivity contribution < 1.29 is 41.3 Å². The van der Waals surface area contributed by atoms with Crippen molar-refractivity contribution in [3.8, 4) is 0 Å². The number of hydrogen-bond acceptors (Lipinski definition) is 9. The molecule has 0 saturated heterocycles. The first-order valence-corrected chi connectivity index (χ1v) is 15.1. The minimum atomic E-state index is -3.92. The predicted molar refractivity (Wildman–Crippen MR) is 133 cm³/mol. The van der Waals surface area contributed by atoms with Crippen LogP contribution in [-0.2, 0) is 38.2 Å². The maximum Gasteiger partial charge on any atom is 0.509 e. The number of Topliss-reactive ketones (excluding diaryl/α,β-unsaturated/α-hetero) is 2. The van der Waals surface area contributed by atoms with Crippen molar-refractivity contribution in [2.75, 3.05) is 19.5 Å². The molecule has 0 spiro atoms. The summed E-state index contributed by atoms with van der Waals surface area (Å²) in [5.41, 5.74) is -2.12. The zero-order valence-electron chi connectivity index (χ0n) is 22.2. The van der Waals surface area contributed by atoms with E-state index < -0.39 is 45.1 Å². The molecule has 0 aromatic rings. The molecule has 37 heavy (non-hydrogen) atoms. The van der Waals surface area contributed by atoms with Crippen molar-refractivity contribution in [3.63, 3.8) is 0 Å². The average molecular weight is 539 g/mol. The highest BCUT2D eigenvalue weighted by atomic mass is 32.2. The van der Waals surface area contributed by atoms with Crippen LogP contribution in [0.5, 0.6) is 0 Å². The third-order valence-corrected chi connectivity index (χ3v) is 10.2. The Kier molecular flexibility index (Phi) is 7.49. The summed E-state index contributed by atoms with van der Waals surface area (Å²) < 4.78 is 39.2. The van der Waals surface area contributed by atoms with E-state index >= 15 is 0 Å². The molecule has 0 N–H and O–H groups in total. The average Bonchev–Trinajstić information content (AvgIpc) is 3.09. The van der Waals surface area contributed by atoms with Gasteiger partial charge in [0.25, 0.3) is 10.1 Å². The molecule has 0 aromatic carbocycles. The SMILES string of the molecule is CCCCOC(=O)O[C@]1(C(=O)COS(C)(=O)=O)CC[C@H]2[C@@H]3CCC4=CC(=O)CC[C@]4(C)[C@H]3C(=O)C[C@@]21C. The van der Waals surface area contributed by atoms with E-state index in [1.807, 2.05) is 13.8 Å². The molecule has 4 aliphatic carbocycles. The molecule has 6 atom stereocenters. The number of carbonyl (C=O) groups is 4. The van der Waals surface area contributed by atoms with Crippen LogP contribution >= 0.6 is 0 Å². The summed E-state index contributed by atoms with van der Waals surface area (Å²) in [6.07, 6.45) is 6.19. The van der Waals surface area contributed by atoms with Crippen LogP contribution in [0.2, 0.25) is 0 Å². The summed E-state index contributed by atoms with van der Waals surface area (Å²) in [5, 5.41) is 0. The number of ether oxygens (including phenoxy) is 2. The summed E-state index contributed by atoms with van der Waals surface area (Å²) in [6, 6.07) is 0. The second-order valence-electron chi connectivity index (χ2n) is 11.7. The Bertz CT molecular complexity index is 1120. The minimum absolute atomic E-state index is 0.00254. The topological polar surface area (TPSA) is 130 Å². The molecule has 0 heterocycles. The summed E-state index contributed by atoms with van der Waals surface area (Å²) in [5.74, 6) is -0.980. The molecule has 9 nitrogen and oxygen atoms in total. The van der Waals surface area contributed by atoms with E-state index in [0.717, 1.165) is 18.2 Å². The Morgan fingerprint density at radius 1 is 1.11 bits per heavy atom. The second kappa shape index (κ2) is 9.91. The van der Waals surface area contributed by atoms with Crippen LogP contribution in [0, 0.1) is 28.6 Å². The molecule has 0 aromatic heterocycles. The number of unbranched alkanes of at least 4 members (excludes halogenated alkanes) is 1. The van der Waals surface area contributed by atoms with Crippen LogP contribution in [0.3, 0.4) is 0 Å². The van der Waals surface area contributed by atoms with Gasteiger partial charge in [-0.3, -0.25) is 18.6 Å². The molecule has 0 unspecified atom stereocenters. The van der Waals surface area contributed by atoms with Crippen LogP contribution in [0.15, 0.2) is 11.6 Å². The fourth-order valence-electron chi connectivity index (χ4n) is 7.80. The van der Waals surface area contributed by atoms with Gasteiger partial charge in [0.05, 0.1) is 12.9 Å². The van der Waals surface area contributed by atoms with Crippen molar-refractivity contribution in [3.05, 3.63) is 11.6 Å². The van der Waals surface area contributed by atoms with Gasteiger partial charge in [0.1, 0.15) is 12.4 Å². The molecular weight excluding hydrogens is 500 g/mol. The van der Waals surface area contributed by atoms with Gasteiger partial charge in [-0.05, 0) is 61.9 Å². The molecule has 206 valence electrons. The fourth-order valence-corrected chi connectivity index (χ4v) is 8.12. The third-order valence-electron chi connectivity index (χ3n) is 9.60. The zero-order chi connectivity index (χ0) is 27.2. The molecule has 0 radical (unpaired) electrons. The summed E-state index contributed by atoms with van der Waals surface area (Å²) in [7, 11) is -3.92. The van der Waals surface area contributed by atoms with Gasteiger partial charge in [0.2, 0.25) is 5.78 Å². The van der Waals surface area contributed by atoms with Crippen molar-refractivity contribution in [1.29, 1.82) is 0 Å². The van der Waals surface area contributed by atoms with Gasteiger partial charge in [0.15, 0.2) is 11.4 Å². The van der Waals surface area contributed by atoms with Gasteiger partial charge in [-0.2, -0.15) is 8.42 Å². The number of ketones is 3. The quantitative estimate of drug-likeness (QED) is 0.256. The fraction of sp³-hybridized carbons (Fsp3) is 0.778. The van der Waals surface area contributed by atoms with E-state index in [1.54, 1.807) is 6.08 Å². The van der Waals surface area contributed by atoms with Gasteiger partial charge in [-0.1, -0.05) is 32.8 Å². The van der Waals surface area contributed by atoms with Crippen LogP contribution < -0.4 is 0 Å². The van der Waals surface area contributed by atoms with E-state index in [-0.39, 0.29) is 48.8 Å². The monoisotopic (exact) mass is 538 g/mol. The predicted octanol–water partition coefficient (Wildman–Crippen LogP) is 3.93. The van der Waals surface area contributed by atoms with Crippen molar-refractivity contribution in [2.45, 2.75) is 84.2 Å². The van der Waals surface area contributed by atoms with Crippen LogP contribution in [-0.4, -0.2) is 57.0 Å². The first kappa shape index (κ1) is 28.0. The second-order valence-corrected chi connectivity index (χ2v) is 13.4. The minimum Gasteiger partial charge on any atom is -0.434 e. The molecule has 10 heteroatoms. The standard InChI is InChI=1S/C27H38O9S/c1-5-6-13-34-24(31)36-27(22(30)16-35-37(4,32)33)12-10-20-19-8-7-17-14-18(28)9-11-25(17,2)23(19)21(29)15-26(20,27)3/h14,19-20,23H,5-13,15-16H2,1-4H3/t19-,20-,23+,25-,26-,27-/m0/s1. The number of carbonyl (C=O) groups excluding carboxylic acids is 4.